The Morgan fingerprint density at radius 3 is 2.38 bits per heavy atom. The molecular weight excluding hydrogens is 290 g/mol. The fourth-order valence-electron chi connectivity index (χ4n) is 2.73. The van der Waals surface area contributed by atoms with E-state index in [0.29, 0.717) is 5.92 Å². The first-order valence-electron chi connectivity index (χ1n) is 6.19. The molecule has 1 unspecified atom stereocenters. The monoisotopic (exact) mass is 309 g/mol. The molecule has 0 aromatic heterocycles. The molecule has 94 valence electrons. The van der Waals surface area contributed by atoms with Crippen molar-refractivity contribution in [1.82, 2.24) is 4.31 Å². The van der Waals surface area contributed by atoms with Gasteiger partial charge in [-0.1, -0.05) is 35.2 Å². The molecule has 2 aliphatic rings. The molecule has 1 atom stereocenters. The normalized spacial score (nSPS) is 29.7. The first-order chi connectivity index (χ1) is 7.64. The van der Waals surface area contributed by atoms with Crippen LogP contribution >= 0.6 is 15.9 Å². The Kier molecular flexibility index (Phi) is 4.30. The summed E-state index contributed by atoms with van der Waals surface area (Å²) in [5, 5.41) is 0.833. The van der Waals surface area contributed by atoms with Crippen LogP contribution in [0.3, 0.4) is 0 Å². The Morgan fingerprint density at radius 2 is 1.81 bits per heavy atom. The Hall–Kier alpha value is 0.390. The van der Waals surface area contributed by atoms with Crippen LogP contribution in [0, 0.1) is 5.92 Å². The summed E-state index contributed by atoms with van der Waals surface area (Å²) < 4.78 is 26.5. The van der Waals surface area contributed by atoms with E-state index < -0.39 is 10.0 Å². The zero-order valence-electron chi connectivity index (χ0n) is 9.57. The Morgan fingerprint density at radius 1 is 1.12 bits per heavy atom. The van der Waals surface area contributed by atoms with E-state index in [-0.39, 0.29) is 5.25 Å². The molecule has 0 aromatic rings. The molecule has 16 heavy (non-hydrogen) atoms. The summed E-state index contributed by atoms with van der Waals surface area (Å²) in [7, 11) is -2.99. The van der Waals surface area contributed by atoms with E-state index in [1.807, 2.05) is 0 Å². The van der Waals surface area contributed by atoms with Crippen LogP contribution in [0.4, 0.5) is 0 Å². The van der Waals surface area contributed by atoms with Crippen LogP contribution < -0.4 is 0 Å². The van der Waals surface area contributed by atoms with Gasteiger partial charge in [-0.05, 0) is 25.2 Å². The van der Waals surface area contributed by atoms with Crippen molar-refractivity contribution < 1.29 is 8.42 Å². The quantitative estimate of drug-likeness (QED) is 0.751. The smallest absolute Gasteiger partial charge is 0.212 e. The van der Waals surface area contributed by atoms with E-state index in [2.05, 4.69) is 15.9 Å². The molecule has 1 aliphatic heterocycles. The topological polar surface area (TPSA) is 37.4 Å². The largest absolute Gasteiger partial charge is 0.216 e. The van der Waals surface area contributed by atoms with Crippen LogP contribution in [-0.4, -0.2) is 36.4 Å². The van der Waals surface area contributed by atoms with Crippen LogP contribution in [0.15, 0.2) is 0 Å². The van der Waals surface area contributed by atoms with E-state index in [0.717, 1.165) is 50.5 Å². The van der Waals surface area contributed by atoms with Crippen molar-refractivity contribution in [1.29, 1.82) is 0 Å². The van der Waals surface area contributed by atoms with Gasteiger partial charge in [-0.25, -0.2) is 12.7 Å². The molecule has 2 fully saturated rings. The summed E-state index contributed by atoms with van der Waals surface area (Å²) in [6.45, 7) is 1.46. The number of nitrogens with zero attached hydrogens (tertiary/aromatic N) is 1. The first-order valence-corrected chi connectivity index (χ1v) is 8.82. The Balaban J connectivity index is 2.01. The molecule has 1 saturated heterocycles. The lowest BCUT2D eigenvalue weighted by molar-refractivity contribution is 0.423. The molecular formula is C11H20BrNO2S. The number of alkyl halides is 1. The lowest BCUT2D eigenvalue weighted by Crippen LogP contribution is -2.38. The van der Waals surface area contributed by atoms with Crippen LogP contribution in [0.25, 0.3) is 0 Å². The van der Waals surface area contributed by atoms with Gasteiger partial charge in [0.2, 0.25) is 10.0 Å². The summed E-state index contributed by atoms with van der Waals surface area (Å²) in [6.07, 6.45) is 6.13. The first kappa shape index (κ1) is 12.8. The van der Waals surface area contributed by atoms with Crippen molar-refractivity contribution in [2.24, 2.45) is 5.92 Å². The molecule has 1 aliphatic carbocycles. The van der Waals surface area contributed by atoms with Gasteiger partial charge in [0.05, 0.1) is 5.25 Å². The SMILES string of the molecule is O=S(=O)(C1CCCCC1)N1CCC(CBr)C1. The Bertz CT molecular complexity index is 325. The third-order valence-electron chi connectivity index (χ3n) is 3.80. The lowest BCUT2D eigenvalue weighted by Gasteiger charge is -2.26. The molecule has 0 aromatic carbocycles. The molecule has 0 bridgehead atoms. The second-order valence-corrected chi connectivity index (χ2v) is 7.83. The van der Waals surface area contributed by atoms with Crippen LogP contribution in [-0.2, 0) is 10.0 Å². The minimum atomic E-state index is -2.99. The third kappa shape index (κ3) is 2.62. The lowest BCUT2D eigenvalue weighted by atomic mass is 10.0. The molecule has 1 heterocycles. The van der Waals surface area contributed by atoms with E-state index >= 15 is 0 Å². The van der Waals surface area contributed by atoms with Crippen molar-refractivity contribution >= 4 is 26.0 Å². The highest BCUT2D eigenvalue weighted by Crippen LogP contribution is 2.29. The van der Waals surface area contributed by atoms with Gasteiger partial charge in [0.1, 0.15) is 0 Å². The van der Waals surface area contributed by atoms with Gasteiger partial charge in [-0.15, -0.1) is 0 Å². The summed E-state index contributed by atoms with van der Waals surface area (Å²) in [6, 6.07) is 0. The van der Waals surface area contributed by atoms with Gasteiger partial charge in [-0.3, -0.25) is 0 Å². The zero-order chi connectivity index (χ0) is 11.6. The highest BCUT2D eigenvalue weighted by atomic mass is 79.9. The molecule has 0 radical (unpaired) electrons. The maximum atomic E-state index is 12.4. The van der Waals surface area contributed by atoms with Gasteiger partial charge in [0.25, 0.3) is 0 Å². The predicted molar refractivity (Wildman–Crippen MR) is 69.3 cm³/mol. The standard InChI is InChI=1S/C11H20BrNO2S/c12-8-10-6-7-13(9-10)16(14,15)11-4-2-1-3-5-11/h10-11H,1-9H2. The van der Waals surface area contributed by atoms with E-state index in [9.17, 15) is 8.42 Å². The van der Waals surface area contributed by atoms with E-state index in [1.165, 1.54) is 6.42 Å². The molecule has 1 saturated carbocycles. The maximum Gasteiger partial charge on any atom is 0.216 e. The van der Waals surface area contributed by atoms with Crippen LogP contribution in [0.1, 0.15) is 38.5 Å². The minimum Gasteiger partial charge on any atom is -0.212 e. The van der Waals surface area contributed by atoms with Crippen molar-refractivity contribution in [3.05, 3.63) is 0 Å². The van der Waals surface area contributed by atoms with Crippen LogP contribution in [0.2, 0.25) is 0 Å². The van der Waals surface area contributed by atoms with E-state index in [1.54, 1.807) is 4.31 Å². The predicted octanol–water partition coefficient (Wildman–Crippen LogP) is 2.37. The van der Waals surface area contributed by atoms with Crippen molar-refractivity contribution in [2.45, 2.75) is 43.8 Å². The molecule has 2 rings (SSSR count). The fourth-order valence-corrected chi connectivity index (χ4v) is 5.39. The van der Waals surface area contributed by atoms with Gasteiger partial charge in [-0.2, -0.15) is 0 Å². The van der Waals surface area contributed by atoms with Gasteiger partial charge >= 0.3 is 0 Å². The number of rotatable bonds is 3. The summed E-state index contributed by atoms with van der Waals surface area (Å²) in [5.74, 6) is 0.512. The van der Waals surface area contributed by atoms with Gasteiger partial charge in [0.15, 0.2) is 0 Å². The van der Waals surface area contributed by atoms with Gasteiger partial charge in [0, 0.05) is 18.4 Å². The second-order valence-electron chi connectivity index (χ2n) is 4.97. The number of halogens is 1. The molecule has 0 N–H and O–H groups in total. The highest BCUT2D eigenvalue weighted by molar-refractivity contribution is 9.09. The Labute approximate surface area is 107 Å². The maximum absolute atomic E-state index is 12.4. The van der Waals surface area contributed by atoms with E-state index in [4.69, 9.17) is 0 Å². The average Bonchev–Trinajstić information content (AvgIpc) is 2.79. The van der Waals surface area contributed by atoms with Gasteiger partial charge < -0.3 is 0 Å². The number of sulfonamides is 1. The fraction of sp³-hybridized carbons (Fsp3) is 1.00. The summed E-state index contributed by atoms with van der Waals surface area (Å²) >= 11 is 3.44. The average molecular weight is 310 g/mol. The molecule has 3 nitrogen and oxygen atoms in total. The second kappa shape index (κ2) is 5.36. The number of hydrogen-bond acceptors (Lipinski definition) is 2. The van der Waals surface area contributed by atoms with Crippen LogP contribution in [0.5, 0.6) is 0 Å². The summed E-state index contributed by atoms with van der Waals surface area (Å²) in [5.41, 5.74) is 0. The molecule has 5 heteroatoms. The highest BCUT2D eigenvalue weighted by Gasteiger charge is 2.36. The van der Waals surface area contributed by atoms with Crippen molar-refractivity contribution in [3.8, 4) is 0 Å². The van der Waals surface area contributed by atoms with Crippen molar-refractivity contribution in [2.75, 3.05) is 18.4 Å². The minimum absolute atomic E-state index is 0.0877. The summed E-state index contributed by atoms with van der Waals surface area (Å²) in [4.78, 5) is 0. The molecule has 0 amide bonds. The zero-order valence-corrected chi connectivity index (χ0v) is 12.0. The number of hydrogen-bond donors (Lipinski definition) is 0. The van der Waals surface area contributed by atoms with Crippen molar-refractivity contribution in [3.63, 3.8) is 0 Å². The molecule has 0 spiro atoms. The third-order valence-corrected chi connectivity index (χ3v) is 7.08.